The molecule has 1 saturated heterocycles. The van der Waals surface area contributed by atoms with E-state index in [9.17, 15) is 22.8 Å². The molecular weight excluding hydrogens is 363 g/mol. The summed E-state index contributed by atoms with van der Waals surface area (Å²) in [5.41, 5.74) is -1.07. The number of amides is 1. The molecule has 1 unspecified atom stereocenters. The lowest BCUT2D eigenvalue weighted by atomic mass is 9.93. The number of carboxylic acids is 1. The highest BCUT2D eigenvalue weighted by Gasteiger charge is 2.33. The topological polar surface area (TPSA) is 66.8 Å². The molecule has 1 fully saturated rings. The Kier molecular flexibility index (Phi) is 6.87. The second-order valence-electron chi connectivity index (χ2n) is 6.50. The molecule has 0 saturated carbocycles. The number of aliphatic carboxylic acids is 1. The normalized spacial score (nSPS) is 17.4. The van der Waals surface area contributed by atoms with Crippen LogP contribution in [0, 0.1) is 5.92 Å². The van der Waals surface area contributed by atoms with Crippen molar-refractivity contribution in [3.05, 3.63) is 42.0 Å². The van der Waals surface area contributed by atoms with E-state index in [1.54, 1.807) is 0 Å². The highest BCUT2D eigenvalue weighted by molar-refractivity contribution is 5.97. The minimum absolute atomic E-state index is 0.00392. The van der Waals surface area contributed by atoms with Gasteiger partial charge in [-0.2, -0.15) is 13.2 Å². The highest BCUT2D eigenvalue weighted by Crippen LogP contribution is 2.34. The number of hydrogen-bond donors (Lipinski definition) is 1. The minimum Gasteiger partial charge on any atom is -0.489 e. The van der Waals surface area contributed by atoms with Gasteiger partial charge >= 0.3 is 12.1 Å². The van der Waals surface area contributed by atoms with Crippen molar-refractivity contribution in [2.45, 2.75) is 31.9 Å². The predicted molar refractivity (Wildman–Crippen MR) is 92.6 cm³/mol. The highest BCUT2D eigenvalue weighted by atomic mass is 19.4. The number of hydrogen-bond acceptors (Lipinski definition) is 3. The largest absolute Gasteiger partial charge is 0.489 e. The maximum atomic E-state index is 13.1. The zero-order valence-corrected chi connectivity index (χ0v) is 14.8. The number of alkyl halides is 3. The Morgan fingerprint density at radius 2 is 2.11 bits per heavy atom. The molecule has 1 amide bonds. The Morgan fingerprint density at radius 3 is 2.74 bits per heavy atom. The Balaban J connectivity index is 2.23. The van der Waals surface area contributed by atoms with E-state index in [4.69, 9.17) is 9.84 Å². The third kappa shape index (κ3) is 5.74. The van der Waals surface area contributed by atoms with Crippen LogP contribution in [0.5, 0.6) is 5.75 Å². The average Bonchev–Trinajstić information content (AvgIpc) is 2.63. The molecule has 2 rings (SSSR count). The van der Waals surface area contributed by atoms with Crippen LogP contribution in [-0.4, -0.2) is 41.6 Å². The van der Waals surface area contributed by atoms with Gasteiger partial charge in [-0.1, -0.05) is 12.7 Å². The van der Waals surface area contributed by atoms with Gasteiger partial charge in [0.1, 0.15) is 12.4 Å². The molecule has 0 aliphatic carbocycles. The summed E-state index contributed by atoms with van der Waals surface area (Å²) in [6.07, 6.45) is -1.23. The number of nitrogens with zero attached hydrogens (tertiary/aromatic N) is 1. The number of rotatable bonds is 7. The van der Waals surface area contributed by atoms with E-state index in [2.05, 4.69) is 6.58 Å². The van der Waals surface area contributed by atoms with Gasteiger partial charge in [0.15, 0.2) is 0 Å². The van der Waals surface area contributed by atoms with Crippen molar-refractivity contribution in [3.63, 3.8) is 0 Å². The van der Waals surface area contributed by atoms with Crippen LogP contribution >= 0.6 is 0 Å². The van der Waals surface area contributed by atoms with Crippen molar-refractivity contribution in [1.82, 2.24) is 4.90 Å². The smallest absolute Gasteiger partial charge is 0.416 e. The molecule has 1 aliphatic heterocycles. The van der Waals surface area contributed by atoms with E-state index in [0.29, 0.717) is 25.9 Å². The monoisotopic (exact) mass is 385 g/mol. The maximum Gasteiger partial charge on any atom is 0.416 e. The van der Waals surface area contributed by atoms with Gasteiger partial charge < -0.3 is 14.7 Å². The van der Waals surface area contributed by atoms with Crippen LogP contribution in [0.25, 0.3) is 0 Å². The summed E-state index contributed by atoms with van der Waals surface area (Å²) in [5, 5.41) is 8.81. The number of carbonyl (C=O) groups is 2. The van der Waals surface area contributed by atoms with Crippen molar-refractivity contribution in [3.8, 4) is 5.75 Å². The predicted octanol–water partition coefficient (Wildman–Crippen LogP) is 3.99. The summed E-state index contributed by atoms with van der Waals surface area (Å²) in [6.45, 7) is 4.29. The van der Waals surface area contributed by atoms with E-state index < -0.39 is 23.6 Å². The first kappa shape index (κ1) is 20.8. The number of halogens is 3. The minimum atomic E-state index is -4.57. The molecule has 1 aromatic carbocycles. The van der Waals surface area contributed by atoms with Crippen LogP contribution in [0.1, 0.15) is 41.6 Å². The quantitative estimate of drug-likeness (QED) is 0.721. The molecule has 0 bridgehead atoms. The van der Waals surface area contributed by atoms with Gasteiger partial charge in [-0.05, 0) is 43.4 Å². The number of piperidine rings is 1. The van der Waals surface area contributed by atoms with Crippen LogP contribution in [0.15, 0.2) is 30.9 Å². The molecule has 1 aromatic rings. The van der Waals surface area contributed by atoms with Crippen LogP contribution in [0.3, 0.4) is 0 Å². The summed E-state index contributed by atoms with van der Waals surface area (Å²) in [4.78, 5) is 25.1. The summed E-state index contributed by atoms with van der Waals surface area (Å²) in [5.74, 6) is -1.36. The molecule has 148 valence electrons. The molecule has 1 aliphatic rings. The van der Waals surface area contributed by atoms with Gasteiger partial charge in [0.2, 0.25) is 0 Å². The SMILES string of the molecule is C=CCOc1ccc(C(F)(F)F)cc1C(=O)N1CCCC(CCC(=O)O)C1. The van der Waals surface area contributed by atoms with Gasteiger partial charge in [0.05, 0.1) is 11.1 Å². The van der Waals surface area contributed by atoms with Crippen molar-refractivity contribution in [2.75, 3.05) is 19.7 Å². The lowest BCUT2D eigenvalue weighted by molar-refractivity contribution is -0.138. The molecule has 27 heavy (non-hydrogen) atoms. The van der Waals surface area contributed by atoms with E-state index >= 15 is 0 Å². The zero-order valence-electron chi connectivity index (χ0n) is 14.8. The average molecular weight is 385 g/mol. The maximum absolute atomic E-state index is 13.1. The van der Waals surface area contributed by atoms with Gasteiger partial charge in [0.25, 0.3) is 5.91 Å². The fraction of sp³-hybridized carbons (Fsp3) is 0.474. The first-order valence-electron chi connectivity index (χ1n) is 8.68. The number of carbonyl (C=O) groups excluding carboxylic acids is 1. The number of ether oxygens (including phenoxy) is 1. The summed E-state index contributed by atoms with van der Waals surface area (Å²) >= 11 is 0. The molecule has 1 heterocycles. The fourth-order valence-corrected chi connectivity index (χ4v) is 3.13. The Hall–Kier alpha value is -2.51. The molecule has 0 spiro atoms. The molecule has 5 nitrogen and oxygen atoms in total. The van der Waals surface area contributed by atoms with E-state index in [-0.39, 0.29) is 30.3 Å². The van der Waals surface area contributed by atoms with Crippen molar-refractivity contribution in [1.29, 1.82) is 0 Å². The Labute approximate surface area is 155 Å². The number of benzene rings is 1. The molecule has 0 aromatic heterocycles. The Bertz CT molecular complexity index is 703. The lowest BCUT2D eigenvalue weighted by Crippen LogP contribution is -2.40. The van der Waals surface area contributed by atoms with Crippen molar-refractivity contribution in [2.24, 2.45) is 5.92 Å². The van der Waals surface area contributed by atoms with Crippen molar-refractivity contribution >= 4 is 11.9 Å². The van der Waals surface area contributed by atoms with E-state index in [1.165, 1.54) is 11.0 Å². The summed E-state index contributed by atoms with van der Waals surface area (Å²) < 4.78 is 44.5. The van der Waals surface area contributed by atoms with Crippen molar-refractivity contribution < 1.29 is 32.6 Å². The molecule has 1 atom stereocenters. The molecular formula is C19H22F3NO4. The summed E-state index contributed by atoms with van der Waals surface area (Å²) in [6, 6.07) is 2.83. The third-order valence-corrected chi connectivity index (χ3v) is 4.47. The van der Waals surface area contributed by atoms with E-state index in [0.717, 1.165) is 24.6 Å². The molecule has 1 N–H and O–H groups in total. The van der Waals surface area contributed by atoms with Crippen LogP contribution < -0.4 is 4.74 Å². The first-order valence-corrected chi connectivity index (χ1v) is 8.68. The second kappa shape index (κ2) is 8.92. The van der Waals surface area contributed by atoms with E-state index in [1.807, 2.05) is 0 Å². The van der Waals surface area contributed by atoms with Crippen LogP contribution in [-0.2, 0) is 11.0 Å². The second-order valence-corrected chi connectivity index (χ2v) is 6.50. The van der Waals surface area contributed by atoms with Gasteiger partial charge in [-0.15, -0.1) is 0 Å². The zero-order chi connectivity index (χ0) is 20.0. The third-order valence-electron chi connectivity index (χ3n) is 4.47. The first-order chi connectivity index (χ1) is 12.7. The van der Waals surface area contributed by atoms with Gasteiger partial charge in [0, 0.05) is 19.5 Å². The van der Waals surface area contributed by atoms with Crippen LogP contribution in [0.2, 0.25) is 0 Å². The van der Waals surface area contributed by atoms with Gasteiger partial charge in [-0.3, -0.25) is 9.59 Å². The number of likely N-dealkylation sites (tertiary alicyclic amines) is 1. The standard InChI is InChI=1S/C19H22F3NO4/c1-2-10-27-16-7-6-14(19(20,21)22)11-15(16)18(26)23-9-3-4-13(12-23)5-8-17(24)25/h2,6-7,11,13H,1,3-5,8-10,12H2,(H,24,25). The van der Waals surface area contributed by atoms with Gasteiger partial charge in [-0.25, -0.2) is 0 Å². The summed E-state index contributed by atoms with van der Waals surface area (Å²) in [7, 11) is 0. The molecule has 0 radical (unpaired) electrons. The lowest BCUT2D eigenvalue weighted by Gasteiger charge is -2.33. The van der Waals surface area contributed by atoms with Crippen LogP contribution in [0.4, 0.5) is 13.2 Å². The Morgan fingerprint density at radius 1 is 1.37 bits per heavy atom. The molecule has 8 heteroatoms. The number of carboxylic acid groups (broad SMARTS) is 1. The fourth-order valence-electron chi connectivity index (χ4n) is 3.13.